The van der Waals surface area contributed by atoms with Gasteiger partial charge in [0.2, 0.25) is 0 Å². The van der Waals surface area contributed by atoms with E-state index in [2.05, 4.69) is 4.98 Å². The third kappa shape index (κ3) is 5.48. The van der Waals surface area contributed by atoms with Crippen LogP contribution in [0.3, 0.4) is 0 Å². The largest absolute Gasteiger partial charge is 0.414 e. The van der Waals surface area contributed by atoms with Crippen molar-refractivity contribution in [3.8, 4) is 0 Å². The maximum absolute atomic E-state index is 9.46. The van der Waals surface area contributed by atoms with Gasteiger partial charge in [0, 0.05) is 16.2 Å². The summed E-state index contributed by atoms with van der Waals surface area (Å²) in [5.74, 6) is 0. The number of pyridine rings is 1. The number of rotatable bonds is 7. The number of benzene rings is 3. The van der Waals surface area contributed by atoms with Crippen molar-refractivity contribution in [1.29, 1.82) is 0 Å². The van der Waals surface area contributed by atoms with Crippen molar-refractivity contribution >= 4 is 41.0 Å². The summed E-state index contributed by atoms with van der Waals surface area (Å²) in [5.41, 5.74) is 6.43. The topological polar surface area (TPSA) is 42.4 Å². The molecule has 6 heteroatoms. The first kappa shape index (κ1) is 23.5. The number of aryl methyl sites for hydroxylation is 2. The minimum Gasteiger partial charge on any atom is -0.414 e. The Kier molecular flexibility index (Phi) is 7.51. The van der Waals surface area contributed by atoms with Crippen LogP contribution in [-0.4, -0.2) is 17.0 Å². The van der Waals surface area contributed by atoms with Gasteiger partial charge in [0.05, 0.1) is 12.3 Å². The second-order valence-corrected chi connectivity index (χ2v) is 8.88. The van der Waals surface area contributed by atoms with Crippen molar-refractivity contribution in [3.05, 3.63) is 123 Å². The molecule has 0 aliphatic heterocycles. The lowest BCUT2D eigenvalue weighted by molar-refractivity contribution is 0.253. The van der Waals surface area contributed by atoms with Crippen molar-refractivity contribution in [2.24, 2.45) is 0 Å². The molecule has 1 N–H and O–H groups in total. The van der Waals surface area contributed by atoms with Crippen LogP contribution in [0.1, 0.15) is 34.1 Å². The number of hydrogen-bond acceptors (Lipinski definition) is 3. The van der Waals surface area contributed by atoms with Crippen LogP contribution in [0, 0.1) is 13.8 Å². The fourth-order valence-electron chi connectivity index (χ4n) is 3.68. The molecule has 0 bridgehead atoms. The van der Waals surface area contributed by atoms with Crippen molar-refractivity contribution in [2.45, 2.75) is 26.6 Å². The van der Waals surface area contributed by atoms with E-state index >= 15 is 0 Å². The molecular formula is C27H24BCl2NO2. The third-order valence-corrected chi connectivity index (χ3v) is 6.51. The molecule has 166 valence electrons. The quantitative estimate of drug-likeness (QED) is 0.363. The molecular weight excluding hydrogens is 452 g/mol. The summed E-state index contributed by atoms with van der Waals surface area (Å²) >= 11 is 13.0. The number of aromatic nitrogens is 1. The molecule has 4 rings (SSSR count). The molecule has 4 aromatic rings. The lowest BCUT2D eigenvalue weighted by Gasteiger charge is -2.25. The van der Waals surface area contributed by atoms with E-state index in [1.165, 1.54) is 0 Å². The standard InChI is InChI=1S/C27H24BCl2NO2/c1-18-6-12-22(15-24(18)29)28(23-13-7-19(2)25(30)16-23)33-27(26-5-3-4-14-31-26)21-10-8-20(17-32)9-11-21/h3-16,27,32H,17H2,1-2H3. The number of aliphatic hydroxyl groups is 1. The average molecular weight is 476 g/mol. The fraction of sp³-hybridized carbons (Fsp3) is 0.148. The predicted molar refractivity (Wildman–Crippen MR) is 137 cm³/mol. The Labute approximate surface area is 205 Å². The first-order valence-electron chi connectivity index (χ1n) is 10.7. The van der Waals surface area contributed by atoms with Gasteiger partial charge in [0.15, 0.2) is 0 Å². The first-order chi connectivity index (χ1) is 16.0. The van der Waals surface area contributed by atoms with E-state index in [1.807, 2.05) is 92.7 Å². The molecule has 0 radical (unpaired) electrons. The molecule has 3 aromatic carbocycles. The molecule has 3 nitrogen and oxygen atoms in total. The monoisotopic (exact) mass is 475 g/mol. The molecule has 1 aromatic heterocycles. The van der Waals surface area contributed by atoms with Crippen molar-refractivity contribution in [3.63, 3.8) is 0 Å². The van der Waals surface area contributed by atoms with Crippen molar-refractivity contribution in [1.82, 2.24) is 4.98 Å². The Hall–Kier alpha value is -2.63. The second kappa shape index (κ2) is 10.5. The van der Waals surface area contributed by atoms with Crippen molar-refractivity contribution < 1.29 is 9.76 Å². The van der Waals surface area contributed by atoms with Crippen LogP contribution in [-0.2, 0) is 11.3 Å². The number of nitrogens with zero attached hydrogens (tertiary/aromatic N) is 1. The number of halogens is 2. The Bertz CT molecular complexity index is 1180. The zero-order chi connectivity index (χ0) is 23.4. The van der Waals surface area contributed by atoms with E-state index in [-0.39, 0.29) is 6.61 Å². The molecule has 33 heavy (non-hydrogen) atoms. The molecule has 1 heterocycles. The highest BCUT2D eigenvalue weighted by molar-refractivity contribution is 6.80. The van der Waals surface area contributed by atoms with Gasteiger partial charge in [-0.05, 0) is 71.3 Å². The SMILES string of the molecule is Cc1ccc(B(OC(c2ccc(CO)cc2)c2ccccn2)c2ccc(C)c(Cl)c2)cc1Cl. The average Bonchev–Trinajstić information content (AvgIpc) is 2.84. The van der Waals surface area contributed by atoms with E-state index in [9.17, 15) is 5.11 Å². The van der Waals surface area contributed by atoms with E-state index in [0.29, 0.717) is 10.0 Å². The van der Waals surface area contributed by atoms with Crippen LogP contribution in [0.2, 0.25) is 10.0 Å². The van der Waals surface area contributed by atoms with E-state index in [4.69, 9.17) is 27.9 Å². The highest BCUT2D eigenvalue weighted by Crippen LogP contribution is 2.26. The maximum Gasteiger partial charge on any atom is 0.362 e. The summed E-state index contributed by atoms with van der Waals surface area (Å²) in [6, 6.07) is 25.4. The number of hydrogen-bond donors (Lipinski definition) is 1. The molecule has 0 spiro atoms. The Balaban J connectivity index is 1.82. The van der Waals surface area contributed by atoms with Gasteiger partial charge in [0.25, 0.3) is 0 Å². The lowest BCUT2D eigenvalue weighted by Crippen LogP contribution is -2.46. The molecule has 0 fully saturated rings. The van der Waals surface area contributed by atoms with Gasteiger partial charge in [-0.15, -0.1) is 0 Å². The summed E-state index contributed by atoms with van der Waals surface area (Å²) in [6.07, 6.45) is 1.32. The second-order valence-electron chi connectivity index (χ2n) is 8.07. The fourth-order valence-corrected chi connectivity index (χ4v) is 4.06. The lowest BCUT2D eigenvalue weighted by atomic mass is 9.55. The molecule has 1 unspecified atom stereocenters. The minimum atomic E-state index is -0.441. The number of aliphatic hydroxyl groups excluding tert-OH is 1. The summed E-state index contributed by atoms with van der Waals surface area (Å²) in [5, 5.41) is 10.8. The Morgan fingerprint density at radius 3 is 1.94 bits per heavy atom. The van der Waals surface area contributed by atoms with Crippen LogP contribution in [0.4, 0.5) is 0 Å². The normalized spacial score (nSPS) is 11.9. The van der Waals surface area contributed by atoms with Crippen molar-refractivity contribution in [2.75, 3.05) is 0 Å². The smallest absolute Gasteiger partial charge is 0.362 e. The predicted octanol–water partition coefficient (Wildman–Crippen LogP) is 5.41. The Morgan fingerprint density at radius 1 is 0.848 bits per heavy atom. The summed E-state index contributed by atoms with van der Waals surface area (Å²) < 4.78 is 6.82. The van der Waals surface area contributed by atoms with Crippen LogP contribution in [0.25, 0.3) is 0 Å². The molecule has 0 saturated carbocycles. The maximum atomic E-state index is 9.46. The van der Waals surface area contributed by atoms with Gasteiger partial charge in [-0.2, -0.15) is 0 Å². The van der Waals surface area contributed by atoms with Gasteiger partial charge in [0.1, 0.15) is 6.10 Å². The first-order valence-corrected chi connectivity index (χ1v) is 11.5. The van der Waals surface area contributed by atoms with Crippen LogP contribution < -0.4 is 10.9 Å². The van der Waals surface area contributed by atoms with Crippen LogP contribution in [0.15, 0.2) is 85.1 Å². The van der Waals surface area contributed by atoms with Crippen LogP contribution in [0.5, 0.6) is 0 Å². The van der Waals surface area contributed by atoms with Gasteiger partial charge in [-0.3, -0.25) is 4.98 Å². The Morgan fingerprint density at radius 2 is 1.45 bits per heavy atom. The minimum absolute atomic E-state index is 0.0122. The van der Waals surface area contributed by atoms with Gasteiger partial charge >= 0.3 is 6.92 Å². The summed E-state index contributed by atoms with van der Waals surface area (Å²) in [7, 11) is 0. The van der Waals surface area contributed by atoms with E-state index in [1.54, 1.807) is 6.20 Å². The molecule has 1 atom stereocenters. The molecule has 0 aliphatic carbocycles. The molecule has 0 saturated heterocycles. The highest BCUT2D eigenvalue weighted by Gasteiger charge is 2.29. The zero-order valence-electron chi connectivity index (χ0n) is 18.5. The van der Waals surface area contributed by atoms with E-state index < -0.39 is 13.0 Å². The van der Waals surface area contributed by atoms with E-state index in [0.717, 1.165) is 38.9 Å². The molecule has 0 aliphatic rings. The van der Waals surface area contributed by atoms with Gasteiger partial charge < -0.3 is 9.76 Å². The highest BCUT2D eigenvalue weighted by atomic mass is 35.5. The van der Waals surface area contributed by atoms with Gasteiger partial charge in [-0.25, -0.2) is 0 Å². The summed E-state index contributed by atoms with van der Waals surface area (Å²) in [4.78, 5) is 4.58. The molecule has 0 amide bonds. The summed E-state index contributed by atoms with van der Waals surface area (Å²) in [6.45, 7) is 3.52. The van der Waals surface area contributed by atoms with Crippen LogP contribution >= 0.6 is 23.2 Å². The third-order valence-electron chi connectivity index (χ3n) is 5.69. The van der Waals surface area contributed by atoms with Gasteiger partial charge in [-0.1, -0.05) is 77.8 Å². The zero-order valence-corrected chi connectivity index (χ0v) is 20.0.